The smallest absolute Gasteiger partial charge is 0.243 e. The van der Waals surface area contributed by atoms with E-state index in [4.69, 9.17) is 0 Å². The van der Waals surface area contributed by atoms with Gasteiger partial charge in [-0.2, -0.15) is 4.31 Å². The van der Waals surface area contributed by atoms with Crippen LogP contribution in [0.15, 0.2) is 47.4 Å². The van der Waals surface area contributed by atoms with Gasteiger partial charge in [0, 0.05) is 37.4 Å². The van der Waals surface area contributed by atoms with Crippen molar-refractivity contribution in [1.82, 2.24) is 4.31 Å². The van der Waals surface area contributed by atoms with Crippen molar-refractivity contribution < 1.29 is 18.0 Å². The summed E-state index contributed by atoms with van der Waals surface area (Å²) in [5.74, 6) is -0.606. The average molecular weight is 456 g/mol. The van der Waals surface area contributed by atoms with E-state index >= 15 is 0 Å². The molecule has 0 unspecified atom stereocenters. The number of anilines is 2. The van der Waals surface area contributed by atoms with E-state index in [1.807, 2.05) is 38.1 Å². The molecule has 0 spiro atoms. The van der Waals surface area contributed by atoms with Crippen molar-refractivity contribution >= 4 is 33.2 Å². The first-order valence-corrected chi connectivity index (χ1v) is 12.4. The molecule has 0 aliphatic carbocycles. The van der Waals surface area contributed by atoms with Gasteiger partial charge in [0.05, 0.1) is 10.8 Å². The molecule has 0 bridgehead atoms. The van der Waals surface area contributed by atoms with E-state index in [0.29, 0.717) is 25.8 Å². The highest BCUT2D eigenvalue weighted by Crippen LogP contribution is 2.35. The molecule has 0 saturated carbocycles. The second kappa shape index (κ2) is 8.67. The van der Waals surface area contributed by atoms with Crippen LogP contribution in [0.25, 0.3) is 0 Å². The van der Waals surface area contributed by atoms with Crippen molar-refractivity contribution in [3.8, 4) is 0 Å². The molecule has 2 aliphatic rings. The molecule has 1 saturated heterocycles. The number of fused-ring (bicyclic) bond motifs is 1. The Morgan fingerprint density at radius 1 is 1.12 bits per heavy atom. The Labute approximate surface area is 189 Å². The van der Waals surface area contributed by atoms with Crippen LogP contribution in [-0.2, 0) is 26.0 Å². The van der Waals surface area contributed by atoms with Crippen LogP contribution in [0.4, 0.5) is 11.4 Å². The fourth-order valence-electron chi connectivity index (χ4n) is 4.72. The zero-order chi connectivity index (χ0) is 23.0. The summed E-state index contributed by atoms with van der Waals surface area (Å²) in [5, 5.41) is 2.95. The first-order valence-electron chi connectivity index (χ1n) is 11.0. The van der Waals surface area contributed by atoms with Crippen molar-refractivity contribution in [3.05, 3.63) is 53.6 Å². The van der Waals surface area contributed by atoms with Gasteiger partial charge in [0.15, 0.2) is 0 Å². The van der Waals surface area contributed by atoms with E-state index in [1.54, 1.807) is 23.1 Å². The second-order valence-corrected chi connectivity index (χ2v) is 10.7. The van der Waals surface area contributed by atoms with Gasteiger partial charge >= 0.3 is 0 Å². The number of carbonyl (C=O) groups is 2. The van der Waals surface area contributed by atoms with Crippen LogP contribution in [-0.4, -0.2) is 43.7 Å². The van der Waals surface area contributed by atoms with E-state index in [1.165, 1.54) is 11.2 Å². The number of sulfonamides is 1. The normalized spacial score (nSPS) is 21.3. The zero-order valence-electron chi connectivity index (χ0n) is 18.7. The standard InChI is InChI=1S/C24H29N3O4S/c1-16-7-4-5-9-22(16)25-24(29)19-8-6-12-26(15-19)32(30,31)21-10-11-23-20(14-21)13-17(2)27(23)18(3)28/h4-5,7,9-11,14,17,19H,6,8,12-13,15H2,1-3H3,(H,25,29)/t17-,19-/m1/s1. The van der Waals surface area contributed by atoms with Crippen molar-refractivity contribution in [3.63, 3.8) is 0 Å². The maximum Gasteiger partial charge on any atom is 0.243 e. The largest absolute Gasteiger partial charge is 0.326 e. The number of piperidine rings is 1. The molecule has 2 heterocycles. The molecule has 1 fully saturated rings. The molecule has 2 aromatic rings. The second-order valence-electron chi connectivity index (χ2n) is 8.74. The van der Waals surface area contributed by atoms with E-state index in [-0.39, 0.29) is 29.3 Å². The minimum absolute atomic E-state index is 0.00459. The maximum atomic E-state index is 13.4. The Balaban J connectivity index is 1.52. The van der Waals surface area contributed by atoms with E-state index in [0.717, 1.165) is 22.5 Å². The summed E-state index contributed by atoms with van der Waals surface area (Å²) in [7, 11) is -3.74. The van der Waals surface area contributed by atoms with Crippen molar-refractivity contribution in [2.75, 3.05) is 23.3 Å². The summed E-state index contributed by atoms with van der Waals surface area (Å²) in [6.45, 7) is 5.95. The predicted octanol–water partition coefficient (Wildman–Crippen LogP) is 3.33. The molecule has 8 heteroatoms. The van der Waals surface area contributed by atoms with Gasteiger partial charge in [-0.15, -0.1) is 0 Å². The van der Waals surface area contributed by atoms with Crippen LogP contribution >= 0.6 is 0 Å². The number of rotatable bonds is 4. The minimum Gasteiger partial charge on any atom is -0.326 e. The third-order valence-corrected chi connectivity index (χ3v) is 8.26. The monoisotopic (exact) mass is 455 g/mol. The van der Waals surface area contributed by atoms with Gasteiger partial charge in [-0.05, 0) is 68.5 Å². The van der Waals surface area contributed by atoms with Gasteiger partial charge in [-0.1, -0.05) is 18.2 Å². The number of amides is 2. The molecule has 2 atom stereocenters. The predicted molar refractivity (Wildman–Crippen MR) is 124 cm³/mol. The fourth-order valence-corrected chi connectivity index (χ4v) is 6.29. The van der Waals surface area contributed by atoms with Crippen LogP contribution in [0.2, 0.25) is 0 Å². The first kappa shape index (κ1) is 22.5. The van der Waals surface area contributed by atoms with Gasteiger partial charge in [0.1, 0.15) is 0 Å². The molecule has 2 aliphatic heterocycles. The molecule has 4 rings (SSSR count). The number of benzene rings is 2. The van der Waals surface area contributed by atoms with Gasteiger partial charge in [0.2, 0.25) is 21.8 Å². The lowest BCUT2D eigenvalue weighted by molar-refractivity contribution is -0.121. The number of hydrogen-bond donors (Lipinski definition) is 1. The SMILES string of the molecule is CC(=O)N1c2ccc(S(=O)(=O)N3CCC[C@@H](C(=O)Nc4ccccc4C)C3)cc2C[C@H]1C. The summed E-state index contributed by atoms with van der Waals surface area (Å²) in [6, 6.07) is 12.5. The highest BCUT2D eigenvalue weighted by atomic mass is 32.2. The van der Waals surface area contributed by atoms with E-state index < -0.39 is 15.9 Å². The molecule has 170 valence electrons. The maximum absolute atomic E-state index is 13.4. The zero-order valence-corrected chi connectivity index (χ0v) is 19.5. The number of para-hydroxylation sites is 1. The van der Waals surface area contributed by atoms with Crippen molar-refractivity contribution in [2.24, 2.45) is 5.92 Å². The van der Waals surface area contributed by atoms with Gasteiger partial charge in [-0.25, -0.2) is 8.42 Å². The summed E-state index contributed by atoms with van der Waals surface area (Å²) in [5.41, 5.74) is 3.35. The van der Waals surface area contributed by atoms with Gasteiger partial charge < -0.3 is 10.2 Å². The molecule has 7 nitrogen and oxygen atoms in total. The number of hydrogen-bond acceptors (Lipinski definition) is 4. The van der Waals surface area contributed by atoms with Gasteiger partial charge in [0.25, 0.3) is 0 Å². The Kier molecular flexibility index (Phi) is 6.09. The molecule has 2 amide bonds. The van der Waals surface area contributed by atoms with Gasteiger partial charge in [-0.3, -0.25) is 9.59 Å². The van der Waals surface area contributed by atoms with Crippen LogP contribution in [0, 0.1) is 12.8 Å². The summed E-state index contributed by atoms with van der Waals surface area (Å²) in [6.07, 6.45) is 1.91. The first-order chi connectivity index (χ1) is 15.2. The Hall–Kier alpha value is -2.71. The molecule has 1 N–H and O–H groups in total. The molecule has 2 aromatic carbocycles. The van der Waals surface area contributed by atoms with E-state index in [2.05, 4.69) is 5.32 Å². The Bertz CT molecular complexity index is 1160. The third-order valence-electron chi connectivity index (χ3n) is 6.40. The van der Waals surface area contributed by atoms with Crippen molar-refractivity contribution in [1.29, 1.82) is 0 Å². The Morgan fingerprint density at radius 3 is 2.59 bits per heavy atom. The third kappa shape index (κ3) is 4.17. The summed E-state index contributed by atoms with van der Waals surface area (Å²) >= 11 is 0. The van der Waals surface area contributed by atoms with Crippen LogP contribution in [0.1, 0.15) is 37.8 Å². The molecule has 32 heavy (non-hydrogen) atoms. The van der Waals surface area contributed by atoms with E-state index in [9.17, 15) is 18.0 Å². The molecule has 0 aromatic heterocycles. The number of carbonyl (C=O) groups excluding carboxylic acids is 2. The lowest BCUT2D eigenvalue weighted by Crippen LogP contribution is -2.43. The highest BCUT2D eigenvalue weighted by Gasteiger charge is 2.35. The van der Waals surface area contributed by atoms with Crippen LogP contribution in [0.3, 0.4) is 0 Å². The van der Waals surface area contributed by atoms with Crippen LogP contribution in [0.5, 0.6) is 0 Å². The molecule has 0 radical (unpaired) electrons. The number of nitrogens with one attached hydrogen (secondary N) is 1. The average Bonchev–Trinajstić information content (AvgIpc) is 3.10. The highest BCUT2D eigenvalue weighted by molar-refractivity contribution is 7.89. The van der Waals surface area contributed by atoms with Crippen molar-refractivity contribution in [2.45, 2.75) is 51.0 Å². The minimum atomic E-state index is -3.74. The fraction of sp³-hybridized carbons (Fsp3) is 0.417. The number of aryl methyl sites for hydroxylation is 1. The lowest BCUT2D eigenvalue weighted by Gasteiger charge is -2.31. The summed E-state index contributed by atoms with van der Waals surface area (Å²) in [4.78, 5) is 26.7. The quantitative estimate of drug-likeness (QED) is 0.766. The Morgan fingerprint density at radius 2 is 1.88 bits per heavy atom. The molecular weight excluding hydrogens is 426 g/mol. The lowest BCUT2D eigenvalue weighted by atomic mass is 9.98. The summed E-state index contributed by atoms with van der Waals surface area (Å²) < 4.78 is 28.2. The van der Waals surface area contributed by atoms with Crippen LogP contribution < -0.4 is 10.2 Å². The molecular formula is C24H29N3O4S. The number of nitrogens with zero attached hydrogens (tertiary/aromatic N) is 2. The topological polar surface area (TPSA) is 86.8 Å².